The van der Waals surface area contributed by atoms with Crippen LogP contribution in [0.1, 0.15) is 48.1 Å². The molecule has 0 unspecified atom stereocenters. The summed E-state index contributed by atoms with van der Waals surface area (Å²) in [6, 6.07) is 17.7. The van der Waals surface area contributed by atoms with Crippen molar-refractivity contribution in [3.05, 3.63) is 81.8 Å². The van der Waals surface area contributed by atoms with Gasteiger partial charge in [0.25, 0.3) is 0 Å². The van der Waals surface area contributed by atoms with Crippen molar-refractivity contribution < 1.29 is 0 Å². The Balaban J connectivity index is 1.64. The molecule has 0 aliphatic carbocycles. The van der Waals surface area contributed by atoms with Crippen LogP contribution in [0, 0.1) is 13.8 Å². The summed E-state index contributed by atoms with van der Waals surface area (Å²) in [7, 11) is 0. The second-order valence-corrected chi connectivity index (χ2v) is 9.88. The van der Waals surface area contributed by atoms with Crippen molar-refractivity contribution in [2.45, 2.75) is 45.3 Å². The molecule has 2 aliphatic heterocycles. The molecule has 4 heterocycles. The van der Waals surface area contributed by atoms with Gasteiger partial charge in [0.15, 0.2) is 5.17 Å². The number of aromatic nitrogens is 2. The van der Waals surface area contributed by atoms with Gasteiger partial charge in [-0.3, -0.25) is 9.98 Å². The second kappa shape index (κ2) is 7.89. The van der Waals surface area contributed by atoms with Gasteiger partial charge in [0.05, 0.1) is 11.7 Å². The summed E-state index contributed by atoms with van der Waals surface area (Å²) in [6.45, 7) is 6.71. The van der Waals surface area contributed by atoms with E-state index in [1.807, 2.05) is 24.0 Å². The van der Waals surface area contributed by atoms with Crippen LogP contribution in [-0.4, -0.2) is 31.4 Å². The average Bonchev–Trinajstić information content (AvgIpc) is 3.40. The number of benzene rings is 1. The normalized spacial score (nSPS) is 23.0. The lowest BCUT2D eigenvalue weighted by Gasteiger charge is -2.32. The van der Waals surface area contributed by atoms with E-state index in [2.05, 4.69) is 93.6 Å². The van der Waals surface area contributed by atoms with Crippen LogP contribution in [0.5, 0.6) is 0 Å². The molecule has 30 heavy (non-hydrogen) atoms. The van der Waals surface area contributed by atoms with Gasteiger partial charge in [-0.15, -0.1) is 0 Å². The minimum atomic E-state index is 0.0273. The zero-order chi connectivity index (χ0) is 20.8. The van der Waals surface area contributed by atoms with E-state index < -0.39 is 0 Å². The number of nitrogens with zero attached hydrogens (tertiary/aromatic N) is 4. The molecule has 1 aromatic carbocycles. The molecular weight excluding hydrogens is 456 g/mol. The van der Waals surface area contributed by atoms with E-state index in [9.17, 15) is 0 Å². The second-order valence-electron chi connectivity index (χ2n) is 7.98. The summed E-state index contributed by atoms with van der Waals surface area (Å²) in [6.07, 6.45) is 3.01. The zero-order valence-corrected chi connectivity index (χ0v) is 19.8. The summed E-state index contributed by atoms with van der Waals surface area (Å²) in [5, 5.41) is 1.18. The standard InChI is InChI=1S/C24H25BrN4S/c1-4-18-14-30-24-27-22(21-10-5-6-11-26-21)23(29(18)24)20-12-15(2)28(16(20)3)19-9-7-8-17(25)13-19/h5-13,18,22-23H,4,14H2,1-3H3/t18-,22+,23-/m1/s1. The number of pyridine rings is 1. The fourth-order valence-corrected chi connectivity index (χ4v) is 6.51. The van der Waals surface area contributed by atoms with E-state index in [4.69, 9.17) is 4.99 Å². The summed E-state index contributed by atoms with van der Waals surface area (Å²) in [5.74, 6) is 1.12. The van der Waals surface area contributed by atoms with Crippen LogP contribution < -0.4 is 0 Å². The van der Waals surface area contributed by atoms with Crippen molar-refractivity contribution in [1.29, 1.82) is 0 Å². The quantitative estimate of drug-likeness (QED) is 0.443. The fraction of sp³-hybridized carbons (Fsp3) is 0.333. The summed E-state index contributed by atoms with van der Waals surface area (Å²) in [5.41, 5.74) is 6.10. The SMILES string of the molecule is CC[C@@H]1CSC2=N[C@@H](c3ccccn3)[C@@H](c3cc(C)n(-c4cccc(Br)c4)c3C)N21. The van der Waals surface area contributed by atoms with Crippen LogP contribution in [-0.2, 0) is 0 Å². The molecule has 0 spiro atoms. The van der Waals surface area contributed by atoms with E-state index >= 15 is 0 Å². The molecule has 3 atom stereocenters. The monoisotopic (exact) mass is 480 g/mol. The lowest BCUT2D eigenvalue weighted by atomic mass is 9.95. The Labute approximate surface area is 190 Å². The number of amidine groups is 1. The van der Waals surface area contributed by atoms with Crippen LogP contribution >= 0.6 is 27.7 Å². The molecule has 1 fully saturated rings. The minimum absolute atomic E-state index is 0.0273. The van der Waals surface area contributed by atoms with E-state index in [0.29, 0.717) is 6.04 Å². The molecule has 6 heteroatoms. The van der Waals surface area contributed by atoms with Gasteiger partial charge in [0.1, 0.15) is 6.04 Å². The first-order valence-corrected chi connectivity index (χ1v) is 12.2. The first-order chi connectivity index (χ1) is 14.6. The lowest BCUT2D eigenvalue weighted by Crippen LogP contribution is -2.35. The summed E-state index contributed by atoms with van der Waals surface area (Å²) < 4.78 is 3.45. The van der Waals surface area contributed by atoms with Crippen LogP contribution in [0.2, 0.25) is 0 Å². The average molecular weight is 481 g/mol. The molecule has 1 saturated heterocycles. The lowest BCUT2D eigenvalue weighted by molar-refractivity contribution is 0.254. The number of halogens is 1. The highest BCUT2D eigenvalue weighted by Gasteiger charge is 2.46. The van der Waals surface area contributed by atoms with E-state index in [1.54, 1.807) is 0 Å². The largest absolute Gasteiger partial charge is 0.338 e. The maximum Gasteiger partial charge on any atom is 0.160 e. The van der Waals surface area contributed by atoms with Crippen molar-refractivity contribution in [3.63, 3.8) is 0 Å². The third kappa shape index (κ3) is 3.21. The van der Waals surface area contributed by atoms with Gasteiger partial charge in [-0.25, -0.2) is 0 Å². The summed E-state index contributed by atoms with van der Waals surface area (Å²) >= 11 is 5.52. The Morgan fingerprint density at radius 2 is 2.00 bits per heavy atom. The first-order valence-electron chi connectivity index (χ1n) is 10.4. The molecule has 0 radical (unpaired) electrons. The topological polar surface area (TPSA) is 33.4 Å². The number of rotatable bonds is 4. The molecule has 0 bridgehead atoms. The first kappa shape index (κ1) is 19.9. The van der Waals surface area contributed by atoms with Gasteiger partial charge in [-0.2, -0.15) is 0 Å². The van der Waals surface area contributed by atoms with Crippen molar-refractivity contribution in [2.24, 2.45) is 4.99 Å². The van der Waals surface area contributed by atoms with Gasteiger partial charge in [0.2, 0.25) is 0 Å². The van der Waals surface area contributed by atoms with Crippen molar-refractivity contribution in [3.8, 4) is 5.69 Å². The third-order valence-electron chi connectivity index (χ3n) is 6.18. The predicted molar refractivity (Wildman–Crippen MR) is 128 cm³/mol. The number of thioether (sulfide) groups is 1. The van der Waals surface area contributed by atoms with Gasteiger partial charge in [-0.05, 0) is 62.2 Å². The van der Waals surface area contributed by atoms with E-state index in [1.165, 1.54) is 27.8 Å². The Kier molecular flexibility index (Phi) is 5.23. The number of hydrogen-bond acceptors (Lipinski definition) is 4. The van der Waals surface area contributed by atoms with Gasteiger partial charge < -0.3 is 9.47 Å². The molecule has 3 aromatic rings. The van der Waals surface area contributed by atoms with E-state index in [0.717, 1.165) is 22.3 Å². The van der Waals surface area contributed by atoms with Gasteiger partial charge in [0, 0.05) is 39.5 Å². The number of aryl methyl sites for hydroxylation is 1. The summed E-state index contributed by atoms with van der Waals surface area (Å²) in [4.78, 5) is 12.4. The fourth-order valence-electron chi connectivity index (χ4n) is 4.79. The Morgan fingerprint density at radius 1 is 1.13 bits per heavy atom. The Bertz CT molecular complexity index is 1110. The van der Waals surface area contributed by atoms with Crippen molar-refractivity contribution in [2.75, 3.05) is 5.75 Å². The smallest absolute Gasteiger partial charge is 0.160 e. The molecule has 5 rings (SSSR count). The van der Waals surface area contributed by atoms with E-state index in [-0.39, 0.29) is 12.1 Å². The Hall–Kier alpha value is -2.05. The molecule has 2 aliphatic rings. The molecule has 0 amide bonds. The highest BCUT2D eigenvalue weighted by Crippen LogP contribution is 2.49. The number of hydrogen-bond donors (Lipinski definition) is 0. The number of aliphatic imine (C=N–C) groups is 1. The van der Waals surface area contributed by atoms with Crippen molar-refractivity contribution >= 4 is 32.9 Å². The Morgan fingerprint density at radius 3 is 2.73 bits per heavy atom. The van der Waals surface area contributed by atoms with Crippen LogP contribution in [0.3, 0.4) is 0 Å². The molecule has 0 saturated carbocycles. The number of fused-ring (bicyclic) bond motifs is 1. The maximum absolute atomic E-state index is 5.17. The molecule has 2 aromatic heterocycles. The highest BCUT2D eigenvalue weighted by molar-refractivity contribution is 9.10. The molecule has 0 N–H and O–H groups in total. The molecule has 154 valence electrons. The van der Waals surface area contributed by atoms with Gasteiger partial charge >= 0.3 is 0 Å². The minimum Gasteiger partial charge on any atom is -0.338 e. The predicted octanol–water partition coefficient (Wildman–Crippen LogP) is 6.23. The van der Waals surface area contributed by atoms with Crippen LogP contribution in [0.25, 0.3) is 5.69 Å². The van der Waals surface area contributed by atoms with Crippen molar-refractivity contribution in [1.82, 2.24) is 14.5 Å². The maximum atomic E-state index is 5.17. The van der Waals surface area contributed by atoms with Crippen LogP contribution in [0.15, 0.2) is 64.2 Å². The third-order valence-corrected chi connectivity index (χ3v) is 7.80. The molecular formula is C24H25BrN4S. The van der Waals surface area contributed by atoms with Crippen LogP contribution in [0.4, 0.5) is 0 Å². The zero-order valence-electron chi connectivity index (χ0n) is 17.4. The van der Waals surface area contributed by atoms with Gasteiger partial charge in [-0.1, -0.05) is 46.7 Å². The highest BCUT2D eigenvalue weighted by atomic mass is 79.9. The molecule has 4 nitrogen and oxygen atoms in total.